The van der Waals surface area contributed by atoms with Crippen LogP contribution < -0.4 is 0 Å². The van der Waals surface area contributed by atoms with Gasteiger partial charge in [0.2, 0.25) is 0 Å². The molecular weight excluding hydrogens is 378 g/mol. The van der Waals surface area contributed by atoms with Crippen molar-refractivity contribution in [2.45, 2.75) is 78.7 Å². The highest BCUT2D eigenvalue weighted by molar-refractivity contribution is 6.26. The summed E-state index contributed by atoms with van der Waals surface area (Å²) in [5.41, 5.74) is 0.552. The third-order valence-corrected chi connectivity index (χ3v) is 8.25. The molecule has 0 spiro atoms. The number of allylic oxidation sites excluding steroid dienone is 3. The van der Waals surface area contributed by atoms with Crippen LogP contribution in [0.3, 0.4) is 0 Å². The van der Waals surface area contributed by atoms with Crippen molar-refractivity contribution in [3.8, 4) is 0 Å². The highest BCUT2D eigenvalue weighted by Gasteiger charge is 2.55. The molecule has 1 saturated heterocycles. The van der Waals surface area contributed by atoms with Crippen LogP contribution in [0.4, 0.5) is 0 Å². The van der Waals surface area contributed by atoms with E-state index in [0.29, 0.717) is 11.8 Å². The van der Waals surface area contributed by atoms with Gasteiger partial charge in [-0.3, -0.25) is 9.59 Å². The van der Waals surface area contributed by atoms with Crippen LogP contribution in [0.25, 0.3) is 0 Å². The van der Waals surface area contributed by atoms with Gasteiger partial charge in [0.25, 0.3) is 5.91 Å². The molecular formula is C25H39NO4. The number of Topliss-reactive ketones (excluding diaryl/α,β-unsaturated/α-hetero) is 1. The normalized spacial score (nSPS) is 38.5. The van der Waals surface area contributed by atoms with E-state index in [1.54, 1.807) is 0 Å². The summed E-state index contributed by atoms with van der Waals surface area (Å²) in [6.45, 7) is 8.29. The fourth-order valence-electron chi connectivity index (χ4n) is 6.46. The van der Waals surface area contributed by atoms with Crippen LogP contribution in [0.15, 0.2) is 23.0 Å². The minimum atomic E-state index is -0.890. The molecule has 1 amide bonds. The number of unbranched alkanes of at least 4 members (excludes halogenated alkanes) is 2. The minimum absolute atomic E-state index is 0.0289. The topological polar surface area (TPSA) is 77.8 Å². The van der Waals surface area contributed by atoms with Gasteiger partial charge in [0, 0.05) is 12.5 Å². The maximum Gasteiger partial charge on any atom is 0.261 e. The van der Waals surface area contributed by atoms with Crippen molar-refractivity contribution in [3.63, 3.8) is 0 Å². The van der Waals surface area contributed by atoms with Crippen molar-refractivity contribution in [3.05, 3.63) is 23.0 Å². The Kier molecular flexibility index (Phi) is 6.81. The van der Waals surface area contributed by atoms with Crippen LogP contribution in [0.2, 0.25) is 0 Å². The summed E-state index contributed by atoms with van der Waals surface area (Å²) < 4.78 is 0. The predicted octanol–water partition coefficient (Wildman–Crippen LogP) is 4.42. The van der Waals surface area contributed by atoms with Gasteiger partial charge in [-0.25, -0.2) is 0 Å². The third-order valence-electron chi connectivity index (χ3n) is 8.25. The molecule has 5 heteroatoms. The number of aliphatic hydroxyl groups excluding tert-OH is 2. The van der Waals surface area contributed by atoms with E-state index in [1.807, 2.05) is 0 Å². The second-order valence-corrected chi connectivity index (χ2v) is 10.1. The van der Waals surface area contributed by atoms with Crippen LogP contribution in [-0.2, 0) is 9.59 Å². The number of carbonyl (C=O) groups excluding carboxylic acids is 2. The summed E-state index contributed by atoms with van der Waals surface area (Å²) in [5.74, 6) is 0.411. The van der Waals surface area contributed by atoms with Crippen LogP contribution in [0.1, 0.15) is 72.6 Å². The fourth-order valence-corrected chi connectivity index (χ4v) is 6.46. The zero-order valence-electron chi connectivity index (χ0n) is 19.3. The van der Waals surface area contributed by atoms with Gasteiger partial charge < -0.3 is 15.1 Å². The van der Waals surface area contributed by atoms with Crippen LogP contribution >= 0.6 is 0 Å². The summed E-state index contributed by atoms with van der Waals surface area (Å²) in [5, 5.41) is 21.3. The summed E-state index contributed by atoms with van der Waals surface area (Å²) in [6.07, 6.45) is 9.88. The van der Waals surface area contributed by atoms with E-state index in [2.05, 4.69) is 33.8 Å². The minimum Gasteiger partial charge on any atom is -0.511 e. The van der Waals surface area contributed by atoms with E-state index in [-0.39, 0.29) is 23.2 Å². The average molecular weight is 418 g/mol. The molecule has 0 bridgehead atoms. The molecule has 1 saturated carbocycles. The number of rotatable bonds is 6. The molecule has 5 nitrogen and oxygen atoms in total. The molecule has 0 unspecified atom stereocenters. The molecule has 0 aromatic rings. The highest BCUT2D eigenvalue weighted by Crippen LogP contribution is 2.58. The number of nitrogens with zero attached hydrogens (tertiary/aromatic N) is 1. The van der Waals surface area contributed by atoms with Gasteiger partial charge in [-0.05, 0) is 49.9 Å². The van der Waals surface area contributed by atoms with Crippen LogP contribution in [-0.4, -0.2) is 46.5 Å². The standard InChI is InChI=1S/C25H39NO4/c1-6-7-8-9-18-16(3)13-17-12-15(2)10-11-19(17)25(18,4)23(29)21-22(28)20(14-27)26(5)24(21)30/h13,15,17-20,27,29H,6-12,14H2,1-5H3/b23-21-/t15-,17+,18-,19-,20+,25-/m0/s1. The highest BCUT2D eigenvalue weighted by atomic mass is 16.3. The van der Waals surface area contributed by atoms with E-state index in [4.69, 9.17) is 0 Å². The summed E-state index contributed by atoms with van der Waals surface area (Å²) >= 11 is 0. The van der Waals surface area contributed by atoms with Crippen molar-refractivity contribution in [2.75, 3.05) is 13.7 Å². The Morgan fingerprint density at radius 1 is 1.27 bits per heavy atom. The van der Waals surface area contributed by atoms with Crippen molar-refractivity contribution in [1.82, 2.24) is 4.90 Å². The molecule has 3 aliphatic rings. The molecule has 168 valence electrons. The zero-order valence-corrected chi connectivity index (χ0v) is 19.3. The Balaban J connectivity index is 2.11. The number of aliphatic hydroxyl groups is 2. The Morgan fingerprint density at radius 3 is 2.57 bits per heavy atom. The Hall–Kier alpha value is -1.62. The van der Waals surface area contributed by atoms with Crippen molar-refractivity contribution in [1.29, 1.82) is 0 Å². The maximum absolute atomic E-state index is 13.0. The first kappa shape index (κ1) is 23.1. The van der Waals surface area contributed by atoms with Crippen molar-refractivity contribution >= 4 is 11.7 Å². The third kappa shape index (κ3) is 3.63. The molecule has 30 heavy (non-hydrogen) atoms. The molecule has 6 atom stereocenters. The molecule has 3 rings (SSSR count). The lowest BCUT2D eigenvalue weighted by molar-refractivity contribution is -0.126. The molecule has 2 aliphatic carbocycles. The number of carbonyl (C=O) groups is 2. The number of likely N-dealkylation sites (tertiary alicyclic amines) is 1. The first-order valence-corrected chi connectivity index (χ1v) is 11.7. The number of hydrogen-bond acceptors (Lipinski definition) is 4. The molecule has 2 fully saturated rings. The first-order chi connectivity index (χ1) is 14.2. The largest absolute Gasteiger partial charge is 0.511 e. The zero-order chi connectivity index (χ0) is 22.2. The van der Waals surface area contributed by atoms with Gasteiger partial charge in [-0.2, -0.15) is 0 Å². The smallest absolute Gasteiger partial charge is 0.261 e. The van der Waals surface area contributed by atoms with Gasteiger partial charge in [0.1, 0.15) is 17.4 Å². The lowest BCUT2D eigenvalue weighted by Gasteiger charge is -2.53. The summed E-state index contributed by atoms with van der Waals surface area (Å²) in [7, 11) is 1.53. The molecule has 1 aliphatic heterocycles. The van der Waals surface area contributed by atoms with Crippen molar-refractivity contribution < 1.29 is 19.8 Å². The molecule has 1 heterocycles. The molecule has 2 N–H and O–H groups in total. The van der Waals surface area contributed by atoms with Crippen molar-refractivity contribution in [2.24, 2.45) is 29.1 Å². The number of ketones is 1. The predicted molar refractivity (Wildman–Crippen MR) is 118 cm³/mol. The van der Waals surface area contributed by atoms with Crippen LogP contribution in [0.5, 0.6) is 0 Å². The number of amides is 1. The van der Waals surface area contributed by atoms with E-state index < -0.39 is 29.8 Å². The maximum atomic E-state index is 13.0. The lowest BCUT2D eigenvalue weighted by atomic mass is 9.51. The Labute approximate surface area is 181 Å². The second kappa shape index (κ2) is 8.86. The first-order valence-electron chi connectivity index (χ1n) is 11.7. The Morgan fingerprint density at radius 2 is 1.97 bits per heavy atom. The monoisotopic (exact) mass is 417 g/mol. The number of likely N-dealkylation sites (N-methyl/N-ethyl adjacent to an activating group) is 1. The van der Waals surface area contributed by atoms with E-state index in [0.717, 1.165) is 44.9 Å². The average Bonchev–Trinajstić information content (AvgIpc) is 2.91. The number of fused-ring (bicyclic) bond motifs is 1. The lowest BCUT2D eigenvalue weighted by Crippen LogP contribution is -2.47. The van der Waals surface area contributed by atoms with Gasteiger partial charge in [-0.1, -0.05) is 58.1 Å². The van der Waals surface area contributed by atoms with Gasteiger partial charge in [0.05, 0.1) is 6.61 Å². The van der Waals surface area contributed by atoms with Gasteiger partial charge in [0.15, 0.2) is 5.78 Å². The molecule has 0 aromatic carbocycles. The van der Waals surface area contributed by atoms with Crippen LogP contribution in [0, 0.1) is 29.1 Å². The number of hydrogen-bond donors (Lipinski definition) is 2. The van der Waals surface area contributed by atoms with E-state index in [1.165, 1.54) is 17.5 Å². The Bertz CT molecular complexity index is 754. The SMILES string of the molecule is CCCCC[C@H]1C(C)=C[C@H]2C[C@@H](C)CC[C@@H]2[C@@]1(C)/C(O)=C1\C(=O)[C@@H](CO)N(C)C1=O. The quantitative estimate of drug-likeness (QED) is 0.221. The fraction of sp³-hybridized carbons (Fsp3) is 0.760. The van der Waals surface area contributed by atoms with Gasteiger partial charge >= 0.3 is 0 Å². The molecule has 0 aromatic heterocycles. The summed E-state index contributed by atoms with van der Waals surface area (Å²) in [4.78, 5) is 27.2. The van der Waals surface area contributed by atoms with E-state index >= 15 is 0 Å². The molecule has 0 radical (unpaired) electrons. The van der Waals surface area contributed by atoms with Gasteiger partial charge in [-0.15, -0.1) is 0 Å². The second-order valence-electron chi connectivity index (χ2n) is 10.1. The summed E-state index contributed by atoms with van der Waals surface area (Å²) in [6, 6.07) is -0.890. The van der Waals surface area contributed by atoms with E-state index in [9.17, 15) is 19.8 Å².